The highest BCUT2D eigenvalue weighted by Crippen LogP contribution is 2.31. The summed E-state index contributed by atoms with van der Waals surface area (Å²) < 4.78 is 37.7. The van der Waals surface area contributed by atoms with Gasteiger partial charge in [0.05, 0.1) is 5.56 Å². The lowest BCUT2D eigenvalue weighted by Crippen LogP contribution is -2.07. The van der Waals surface area contributed by atoms with E-state index in [0.29, 0.717) is 5.56 Å². The highest BCUT2D eigenvalue weighted by molar-refractivity contribution is 5.33. The van der Waals surface area contributed by atoms with Gasteiger partial charge >= 0.3 is 6.18 Å². The van der Waals surface area contributed by atoms with E-state index >= 15 is 0 Å². The van der Waals surface area contributed by atoms with Crippen molar-refractivity contribution in [3.05, 3.63) is 71.3 Å². The zero-order chi connectivity index (χ0) is 13.2. The number of hydrogen-bond donors (Lipinski definition) is 1. The molecule has 0 unspecified atom stereocenters. The Morgan fingerprint density at radius 3 is 2.06 bits per heavy atom. The maximum absolute atomic E-state index is 12.6. The van der Waals surface area contributed by atoms with E-state index in [4.69, 9.17) is 0 Å². The van der Waals surface area contributed by atoms with Gasteiger partial charge in [0.1, 0.15) is 6.10 Å². The molecule has 1 N–H and O–H groups in total. The molecule has 0 aliphatic heterocycles. The summed E-state index contributed by atoms with van der Waals surface area (Å²) in [6.07, 6.45) is -5.44. The van der Waals surface area contributed by atoms with E-state index in [1.807, 2.05) is 0 Å². The molecule has 0 radical (unpaired) electrons. The van der Waals surface area contributed by atoms with Gasteiger partial charge in [-0.1, -0.05) is 42.5 Å². The number of rotatable bonds is 2. The van der Waals surface area contributed by atoms with E-state index in [1.54, 1.807) is 30.3 Å². The lowest BCUT2D eigenvalue weighted by molar-refractivity contribution is -0.137. The minimum absolute atomic E-state index is 0.232. The molecule has 0 aliphatic carbocycles. The Hall–Kier alpha value is -1.81. The molecule has 0 aromatic heterocycles. The third-order valence-corrected chi connectivity index (χ3v) is 2.65. The monoisotopic (exact) mass is 252 g/mol. The van der Waals surface area contributed by atoms with E-state index in [2.05, 4.69) is 0 Å². The first-order valence-corrected chi connectivity index (χ1v) is 5.38. The molecule has 0 spiro atoms. The van der Waals surface area contributed by atoms with Crippen LogP contribution in [0.4, 0.5) is 13.2 Å². The molecule has 2 rings (SSSR count). The summed E-state index contributed by atoms with van der Waals surface area (Å²) in [5.74, 6) is 0. The average molecular weight is 252 g/mol. The minimum atomic E-state index is -4.40. The summed E-state index contributed by atoms with van der Waals surface area (Å²) >= 11 is 0. The van der Waals surface area contributed by atoms with E-state index in [0.717, 1.165) is 12.1 Å². The third-order valence-electron chi connectivity index (χ3n) is 2.65. The molecule has 18 heavy (non-hydrogen) atoms. The van der Waals surface area contributed by atoms with Gasteiger partial charge in [-0.2, -0.15) is 13.2 Å². The predicted molar refractivity (Wildman–Crippen MR) is 61.9 cm³/mol. The second-order valence-electron chi connectivity index (χ2n) is 3.94. The van der Waals surface area contributed by atoms with Crippen molar-refractivity contribution in [2.24, 2.45) is 0 Å². The molecule has 1 nitrogen and oxygen atoms in total. The van der Waals surface area contributed by atoms with Gasteiger partial charge in [0.2, 0.25) is 0 Å². The fraction of sp³-hybridized carbons (Fsp3) is 0.143. The molecule has 0 heterocycles. The Bertz CT molecular complexity index is 520. The van der Waals surface area contributed by atoms with Gasteiger partial charge in [-0.05, 0) is 23.3 Å². The highest BCUT2D eigenvalue weighted by Gasteiger charge is 2.30. The second kappa shape index (κ2) is 4.82. The van der Waals surface area contributed by atoms with Crippen molar-refractivity contribution < 1.29 is 18.3 Å². The lowest BCUT2D eigenvalue weighted by atomic mass is 10.00. The van der Waals surface area contributed by atoms with Crippen LogP contribution in [-0.4, -0.2) is 5.11 Å². The molecule has 0 amide bonds. The third kappa shape index (κ3) is 2.71. The number of alkyl halides is 3. The Kier molecular flexibility index (Phi) is 3.39. The van der Waals surface area contributed by atoms with Crippen LogP contribution in [0.3, 0.4) is 0 Å². The predicted octanol–water partition coefficient (Wildman–Crippen LogP) is 3.79. The molecule has 0 fully saturated rings. The van der Waals surface area contributed by atoms with Crippen LogP contribution in [-0.2, 0) is 6.18 Å². The van der Waals surface area contributed by atoms with Crippen LogP contribution >= 0.6 is 0 Å². The molecule has 94 valence electrons. The Balaban J connectivity index is 2.35. The molecule has 4 heteroatoms. The van der Waals surface area contributed by atoms with Crippen molar-refractivity contribution in [3.8, 4) is 0 Å². The zero-order valence-electron chi connectivity index (χ0n) is 9.35. The summed E-state index contributed by atoms with van der Waals surface area (Å²) in [7, 11) is 0. The van der Waals surface area contributed by atoms with Crippen LogP contribution in [0, 0.1) is 0 Å². The van der Waals surface area contributed by atoms with Crippen molar-refractivity contribution in [3.63, 3.8) is 0 Å². The topological polar surface area (TPSA) is 20.2 Å². The van der Waals surface area contributed by atoms with Crippen LogP contribution in [0.15, 0.2) is 54.6 Å². The van der Waals surface area contributed by atoms with E-state index in [9.17, 15) is 18.3 Å². The smallest absolute Gasteiger partial charge is 0.384 e. The number of hydrogen-bond acceptors (Lipinski definition) is 1. The van der Waals surface area contributed by atoms with Crippen molar-refractivity contribution >= 4 is 0 Å². The zero-order valence-corrected chi connectivity index (χ0v) is 9.35. The summed E-state index contributed by atoms with van der Waals surface area (Å²) in [6.45, 7) is 0. The number of aliphatic hydroxyl groups excluding tert-OH is 1. The maximum Gasteiger partial charge on any atom is 0.416 e. The number of aliphatic hydroxyl groups is 1. The fourth-order valence-corrected chi connectivity index (χ4v) is 1.71. The fourth-order valence-electron chi connectivity index (χ4n) is 1.71. The summed E-state index contributed by atoms with van der Waals surface area (Å²) in [5, 5.41) is 10.0. The first-order chi connectivity index (χ1) is 8.48. The SMILES string of the molecule is O[C@@H](c1ccccc1)c1cccc(C(F)(F)F)c1. The molecule has 1 atom stereocenters. The largest absolute Gasteiger partial charge is 0.416 e. The highest BCUT2D eigenvalue weighted by atomic mass is 19.4. The molecule has 0 bridgehead atoms. The van der Waals surface area contributed by atoms with E-state index < -0.39 is 17.8 Å². The van der Waals surface area contributed by atoms with Crippen LogP contribution in [0.1, 0.15) is 22.8 Å². The van der Waals surface area contributed by atoms with Crippen LogP contribution in [0.2, 0.25) is 0 Å². The first-order valence-electron chi connectivity index (χ1n) is 5.38. The second-order valence-corrected chi connectivity index (χ2v) is 3.94. The van der Waals surface area contributed by atoms with Gasteiger partial charge in [-0.3, -0.25) is 0 Å². The number of halogens is 3. The van der Waals surface area contributed by atoms with Gasteiger partial charge in [0.25, 0.3) is 0 Å². The average Bonchev–Trinajstić information content (AvgIpc) is 2.38. The Morgan fingerprint density at radius 2 is 1.44 bits per heavy atom. The van der Waals surface area contributed by atoms with Crippen LogP contribution in [0.5, 0.6) is 0 Å². The molecule has 2 aromatic rings. The molecule has 2 aromatic carbocycles. The van der Waals surface area contributed by atoms with Crippen molar-refractivity contribution in [1.29, 1.82) is 0 Å². The van der Waals surface area contributed by atoms with E-state index in [-0.39, 0.29) is 5.56 Å². The van der Waals surface area contributed by atoms with Gasteiger partial charge in [0.15, 0.2) is 0 Å². The van der Waals surface area contributed by atoms with Crippen molar-refractivity contribution in [2.75, 3.05) is 0 Å². The molecule has 0 aliphatic rings. The van der Waals surface area contributed by atoms with Gasteiger partial charge in [-0.15, -0.1) is 0 Å². The number of benzene rings is 2. The molecule has 0 saturated carbocycles. The van der Waals surface area contributed by atoms with Crippen molar-refractivity contribution in [1.82, 2.24) is 0 Å². The van der Waals surface area contributed by atoms with Gasteiger partial charge < -0.3 is 5.11 Å². The Labute approximate surface area is 103 Å². The molecular formula is C14H11F3O. The van der Waals surface area contributed by atoms with Crippen LogP contribution in [0.25, 0.3) is 0 Å². The minimum Gasteiger partial charge on any atom is -0.384 e. The van der Waals surface area contributed by atoms with Crippen molar-refractivity contribution in [2.45, 2.75) is 12.3 Å². The molecular weight excluding hydrogens is 241 g/mol. The Morgan fingerprint density at radius 1 is 0.833 bits per heavy atom. The molecule has 0 saturated heterocycles. The lowest BCUT2D eigenvalue weighted by Gasteiger charge is -2.13. The summed E-state index contributed by atoms with van der Waals surface area (Å²) in [6, 6.07) is 13.3. The van der Waals surface area contributed by atoms with Crippen LogP contribution < -0.4 is 0 Å². The normalized spacial score (nSPS) is 13.3. The maximum atomic E-state index is 12.6. The van der Waals surface area contributed by atoms with E-state index in [1.165, 1.54) is 12.1 Å². The standard InChI is InChI=1S/C14H11F3O/c15-14(16,17)12-8-4-7-11(9-12)13(18)10-5-2-1-3-6-10/h1-9,13,18H/t13-/m0/s1. The summed E-state index contributed by atoms with van der Waals surface area (Å²) in [5.41, 5.74) is 0.0443. The first kappa shape index (κ1) is 12.6. The van der Waals surface area contributed by atoms with Gasteiger partial charge in [0, 0.05) is 0 Å². The quantitative estimate of drug-likeness (QED) is 0.862. The summed E-state index contributed by atoms with van der Waals surface area (Å²) in [4.78, 5) is 0. The van der Waals surface area contributed by atoms with Gasteiger partial charge in [-0.25, -0.2) is 0 Å².